The fourth-order valence-corrected chi connectivity index (χ4v) is 5.78. The monoisotopic (exact) mass is 543 g/mol. The van der Waals surface area contributed by atoms with E-state index in [1.807, 2.05) is 49.4 Å². The molecule has 3 aromatic carbocycles. The van der Waals surface area contributed by atoms with Gasteiger partial charge in [-0.2, -0.15) is 11.3 Å². The molecular formula is C30H26FN3O4S. The highest BCUT2D eigenvalue weighted by molar-refractivity contribution is 7.08. The SMILES string of the molecule is COc1cc(OC(=O)c2ccsc2)ccc1-c1ccc2c3c1CN(c1cc(F)ccc1C)N3C(=O)C(C)(C)N2. The van der Waals surface area contributed by atoms with E-state index in [1.165, 1.54) is 23.5 Å². The number of nitrogens with one attached hydrogen (secondary N) is 1. The first kappa shape index (κ1) is 24.9. The van der Waals surface area contributed by atoms with Gasteiger partial charge >= 0.3 is 5.97 Å². The van der Waals surface area contributed by atoms with E-state index in [2.05, 4.69) is 5.32 Å². The molecule has 1 aromatic heterocycles. The maximum Gasteiger partial charge on any atom is 0.344 e. The number of halogens is 1. The molecule has 0 fully saturated rings. The number of hydrogen-bond acceptors (Lipinski definition) is 7. The Kier molecular flexibility index (Phi) is 5.84. The number of esters is 1. The van der Waals surface area contributed by atoms with E-state index in [1.54, 1.807) is 41.8 Å². The molecule has 1 amide bonds. The second-order valence-electron chi connectivity index (χ2n) is 10.1. The van der Waals surface area contributed by atoms with Crippen molar-refractivity contribution >= 4 is 40.3 Å². The quantitative estimate of drug-likeness (QED) is 0.227. The molecule has 0 aliphatic carbocycles. The van der Waals surface area contributed by atoms with Crippen LogP contribution >= 0.6 is 11.3 Å². The summed E-state index contributed by atoms with van der Waals surface area (Å²) in [5.41, 5.74) is 5.18. The maximum atomic E-state index is 14.4. The summed E-state index contributed by atoms with van der Waals surface area (Å²) in [4.78, 5) is 26.2. The van der Waals surface area contributed by atoms with Crippen molar-refractivity contribution in [3.63, 3.8) is 0 Å². The second kappa shape index (κ2) is 9.13. The lowest BCUT2D eigenvalue weighted by molar-refractivity contribution is -0.122. The summed E-state index contributed by atoms with van der Waals surface area (Å²) in [5, 5.41) is 10.4. The largest absolute Gasteiger partial charge is 0.496 e. The van der Waals surface area contributed by atoms with Crippen LogP contribution in [0, 0.1) is 12.7 Å². The van der Waals surface area contributed by atoms with Crippen molar-refractivity contribution in [2.24, 2.45) is 0 Å². The van der Waals surface area contributed by atoms with E-state index in [9.17, 15) is 14.0 Å². The summed E-state index contributed by atoms with van der Waals surface area (Å²) in [6.45, 7) is 5.92. The van der Waals surface area contributed by atoms with Gasteiger partial charge in [-0.15, -0.1) is 0 Å². The average Bonchev–Trinajstić information content (AvgIpc) is 3.58. The van der Waals surface area contributed by atoms with Crippen LogP contribution in [0.1, 0.15) is 35.3 Å². The molecule has 0 spiro atoms. The Hall–Kier alpha value is -4.37. The van der Waals surface area contributed by atoms with Gasteiger partial charge in [-0.1, -0.05) is 12.1 Å². The molecule has 0 atom stereocenters. The van der Waals surface area contributed by atoms with Gasteiger partial charge in [-0.05, 0) is 73.7 Å². The zero-order valence-electron chi connectivity index (χ0n) is 21.9. The zero-order valence-corrected chi connectivity index (χ0v) is 22.7. The van der Waals surface area contributed by atoms with Gasteiger partial charge in [0, 0.05) is 22.6 Å². The first-order valence-electron chi connectivity index (χ1n) is 12.4. The molecule has 6 rings (SSSR count). The van der Waals surface area contributed by atoms with Gasteiger partial charge in [0.2, 0.25) is 0 Å². The van der Waals surface area contributed by atoms with Crippen molar-refractivity contribution in [2.45, 2.75) is 32.9 Å². The molecule has 0 saturated carbocycles. The lowest BCUT2D eigenvalue weighted by atomic mass is 9.93. The minimum atomic E-state index is -0.860. The molecule has 0 bridgehead atoms. The number of anilines is 3. The number of rotatable bonds is 5. The van der Waals surface area contributed by atoms with Crippen LogP contribution in [-0.2, 0) is 11.3 Å². The highest BCUT2D eigenvalue weighted by Crippen LogP contribution is 2.50. The van der Waals surface area contributed by atoms with E-state index < -0.39 is 11.5 Å². The summed E-state index contributed by atoms with van der Waals surface area (Å²) in [6, 6.07) is 15.5. The third-order valence-electron chi connectivity index (χ3n) is 7.10. The van der Waals surface area contributed by atoms with E-state index in [-0.39, 0.29) is 11.7 Å². The molecular weight excluding hydrogens is 517 g/mol. The lowest BCUT2D eigenvalue weighted by Gasteiger charge is -2.41. The van der Waals surface area contributed by atoms with Gasteiger partial charge in [0.25, 0.3) is 5.91 Å². The topological polar surface area (TPSA) is 71.1 Å². The van der Waals surface area contributed by atoms with Gasteiger partial charge in [-0.25, -0.2) is 14.2 Å². The van der Waals surface area contributed by atoms with Gasteiger partial charge < -0.3 is 14.8 Å². The highest BCUT2D eigenvalue weighted by atomic mass is 32.1. The standard InChI is InChI=1S/C30H26FN3O4S/c1-17-5-6-19(31)13-25(17)33-15-23-21(9-10-24-27(23)34(33)29(36)30(2,3)32-24)22-8-7-20(14-26(22)37-4)38-28(35)18-11-12-39-16-18/h5-14,16,32H,15H2,1-4H3. The van der Waals surface area contributed by atoms with Crippen LogP contribution in [0.25, 0.3) is 11.1 Å². The Morgan fingerprint density at radius 2 is 1.87 bits per heavy atom. The first-order valence-corrected chi connectivity index (χ1v) is 13.4. The van der Waals surface area contributed by atoms with Gasteiger partial charge in [0.1, 0.15) is 22.9 Å². The van der Waals surface area contributed by atoms with Crippen molar-refractivity contribution in [3.8, 4) is 22.6 Å². The third kappa shape index (κ3) is 4.10. The molecule has 4 aromatic rings. The molecule has 9 heteroatoms. The molecule has 39 heavy (non-hydrogen) atoms. The summed E-state index contributed by atoms with van der Waals surface area (Å²) in [6.07, 6.45) is 0. The second-order valence-corrected chi connectivity index (χ2v) is 10.9. The molecule has 0 unspecified atom stereocenters. The average molecular weight is 544 g/mol. The number of hydrazine groups is 1. The number of carbonyl (C=O) groups excluding carboxylic acids is 2. The summed E-state index contributed by atoms with van der Waals surface area (Å²) < 4.78 is 25.7. The highest BCUT2D eigenvalue weighted by Gasteiger charge is 2.47. The number of benzene rings is 3. The molecule has 1 N–H and O–H groups in total. The van der Waals surface area contributed by atoms with Crippen molar-refractivity contribution in [3.05, 3.63) is 87.9 Å². The number of aryl methyl sites for hydroxylation is 1. The van der Waals surface area contributed by atoms with Crippen LogP contribution in [0.3, 0.4) is 0 Å². The number of carbonyl (C=O) groups is 2. The Labute approximate surface area is 229 Å². The minimum Gasteiger partial charge on any atom is -0.496 e. The summed E-state index contributed by atoms with van der Waals surface area (Å²) in [7, 11) is 1.56. The first-order chi connectivity index (χ1) is 18.7. The fraction of sp³-hybridized carbons (Fsp3) is 0.200. The Morgan fingerprint density at radius 1 is 1.08 bits per heavy atom. The normalized spacial score (nSPS) is 15.2. The van der Waals surface area contributed by atoms with Crippen LogP contribution in [-0.4, -0.2) is 24.5 Å². The summed E-state index contributed by atoms with van der Waals surface area (Å²) in [5.74, 6) is -0.0784. The molecule has 0 saturated heterocycles. The minimum absolute atomic E-state index is 0.141. The van der Waals surface area contributed by atoms with E-state index in [4.69, 9.17) is 9.47 Å². The number of amides is 1. The maximum absolute atomic E-state index is 14.4. The van der Waals surface area contributed by atoms with Gasteiger partial charge in [0.05, 0.1) is 36.3 Å². The molecule has 3 heterocycles. The van der Waals surface area contributed by atoms with E-state index in [0.717, 1.165) is 33.6 Å². The zero-order chi connectivity index (χ0) is 27.5. The fourth-order valence-electron chi connectivity index (χ4n) is 5.16. The Bertz CT molecular complexity index is 1630. The number of thiophene rings is 1. The van der Waals surface area contributed by atoms with Crippen LogP contribution < -0.4 is 24.8 Å². The summed E-state index contributed by atoms with van der Waals surface area (Å²) >= 11 is 1.42. The van der Waals surface area contributed by atoms with E-state index >= 15 is 0 Å². The third-order valence-corrected chi connectivity index (χ3v) is 7.78. The molecule has 7 nitrogen and oxygen atoms in total. The number of ether oxygens (including phenoxy) is 2. The van der Waals surface area contributed by atoms with E-state index in [0.29, 0.717) is 29.3 Å². The number of hydrogen-bond donors (Lipinski definition) is 1. The smallest absolute Gasteiger partial charge is 0.344 e. The molecule has 0 radical (unpaired) electrons. The number of nitrogens with zero attached hydrogens (tertiary/aromatic N) is 2. The van der Waals surface area contributed by atoms with Gasteiger partial charge in [-0.3, -0.25) is 9.80 Å². The number of methoxy groups -OCH3 is 1. The Balaban J connectivity index is 1.45. The lowest BCUT2D eigenvalue weighted by Crippen LogP contribution is -2.57. The van der Waals surface area contributed by atoms with Crippen molar-refractivity contribution in [1.82, 2.24) is 0 Å². The molecule has 2 aliphatic heterocycles. The van der Waals surface area contributed by atoms with Crippen LogP contribution in [0.4, 0.5) is 21.5 Å². The van der Waals surface area contributed by atoms with Crippen molar-refractivity contribution in [2.75, 3.05) is 22.4 Å². The van der Waals surface area contributed by atoms with Gasteiger partial charge in [0.15, 0.2) is 0 Å². The van der Waals surface area contributed by atoms with Crippen molar-refractivity contribution < 1.29 is 23.5 Å². The molecule has 198 valence electrons. The predicted molar refractivity (Wildman–Crippen MR) is 150 cm³/mol. The van der Waals surface area contributed by atoms with Crippen molar-refractivity contribution in [1.29, 1.82) is 0 Å². The molecule has 2 aliphatic rings. The van der Waals surface area contributed by atoms with Crippen LogP contribution in [0.5, 0.6) is 11.5 Å². The Morgan fingerprint density at radius 3 is 2.62 bits per heavy atom. The van der Waals surface area contributed by atoms with Crippen LogP contribution in [0.15, 0.2) is 65.4 Å². The predicted octanol–water partition coefficient (Wildman–Crippen LogP) is 6.56. The van der Waals surface area contributed by atoms with Crippen LogP contribution in [0.2, 0.25) is 0 Å².